The Hall–Kier alpha value is -4.23. The number of nitro benzene ring substituents is 1. The molecule has 26 heteroatoms. The van der Waals surface area contributed by atoms with Gasteiger partial charge >= 0.3 is 47.6 Å². The van der Waals surface area contributed by atoms with Crippen LogP contribution in [0.3, 0.4) is 0 Å². The highest BCUT2D eigenvalue weighted by Gasteiger charge is 2.95. The summed E-state index contributed by atoms with van der Waals surface area (Å²) >= 11 is 1.03. The van der Waals surface area contributed by atoms with Gasteiger partial charge in [0.1, 0.15) is 0 Å². The van der Waals surface area contributed by atoms with Crippen LogP contribution in [0.2, 0.25) is 0 Å². The molecule has 0 aliphatic carbocycles. The van der Waals surface area contributed by atoms with E-state index in [1.54, 1.807) is 0 Å². The largest absolute Gasteiger partial charge is 0.460 e. The van der Waals surface area contributed by atoms with E-state index in [-0.39, 0.29) is 24.2 Å². The maximum absolute atomic E-state index is 15.1. The number of halogens is 17. The molecule has 1 aliphatic rings. The summed E-state index contributed by atoms with van der Waals surface area (Å²) < 4.78 is 262. The molecule has 0 spiro atoms. The van der Waals surface area contributed by atoms with Gasteiger partial charge in [-0.25, -0.2) is 8.42 Å². The van der Waals surface area contributed by atoms with E-state index in [0.29, 0.717) is 4.88 Å². The molecule has 0 N–H and O–H groups in total. The number of amides is 1. The van der Waals surface area contributed by atoms with Crippen molar-refractivity contribution in [3.05, 3.63) is 81.2 Å². The molecule has 1 aliphatic heterocycles. The molecule has 2 heterocycles. The molecule has 4 rings (SSSR count). The minimum Gasteiger partial charge on any atom is -0.310 e. The zero-order chi connectivity index (χ0) is 44.5. The first kappa shape index (κ1) is 46.5. The van der Waals surface area contributed by atoms with Crippen molar-refractivity contribution in [2.24, 2.45) is 0 Å². The summed E-state index contributed by atoms with van der Waals surface area (Å²) in [6.07, 6.45) is -12.7. The summed E-state index contributed by atoms with van der Waals surface area (Å²) in [4.78, 5) is 26.2. The number of rotatable bonds is 16. The van der Waals surface area contributed by atoms with Gasteiger partial charge in [-0.3, -0.25) is 14.9 Å². The van der Waals surface area contributed by atoms with Crippen molar-refractivity contribution in [1.29, 1.82) is 0 Å². The molecule has 1 atom stereocenters. The fourth-order valence-corrected chi connectivity index (χ4v) is 8.90. The predicted molar refractivity (Wildman–Crippen MR) is 170 cm³/mol. The Morgan fingerprint density at radius 3 is 1.78 bits per heavy atom. The standard InChI is InChI=1S/C32H23F17N2O5S2/c1-2-12-50-21-10-9-17(22-8-5-13-57-22)15-19(21)24(23(50)52,16-18-6-3-4-7-20(18)51(53)54)58(55,56)14-11-25(33,34)26(35,36)27(37,38)28(39,40)29(41,42)30(43,44)31(45,46)32(47,48)49/h3-10,13,15H,2,11-12,14,16H2,1H3. The smallest absolute Gasteiger partial charge is 0.310 e. The van der Waals surface area contributed by atoms with E-state index < -0.39 is 108 Å². The van der Waals surface area contributed by atoms with Crippen LogP contribution in [0.15, 0.2) is 60.0 Å². The van der Waals surface area contributed by atoms with E-state index in [1.165, 1.54) is 30.5 Å². The molecule has 58 heavy (non-hydrogen) atoms. The summed E-state index contributed by atoms with van der Waals surface area (Å²) in [7, 11) is -6.07. The van der Waals surface area contributed by atoms with Gasteiger partial charge in [-0.1, -0.05) is 37.3 Å². The summed E-state index contributed by atoms with van der Waals surface area (Å²) in [5.41, 5.74) is -2.36. The monoisotopic (exact) mass is 902 g/mol. The lowest BCUT2D eigenvalue weighted by atomic mass is 9.88. The van der Waals surface area contributed by atoms with Crippen molar-refractivity contribution in [3.63, 3.8) is 0 Å². The number of hydrogen-bond donors (Lipinski definition) is 0. The van der Waals surface area contributed by atoms with Crippen molar-refractivity contribution >= 4 is 38.5 Å². The van der Waals surface area contributed by atoms with E-state index in [2.05, 4.69) is 0 Å². The number of hydrogen-bond acceptors (Lipinski definition) is 6. The molecule has 0 fully saturated rings. The number of nitrogens with zero attached hydrogens (tertiary/aromatic N) is 2. The zero-order valence-corrected chi connectivity index (χ0v) is 30.1. The Morgan fingerprint density at radius 1 is 0.741 bits per heavy atom. The normalized spacial score (nSPS) is 17.8. The number of sulfone groups is 1. The SMILES string of the molecule is CCCN1C(=O)C(Cc2ccccc2[N+](=O)[O-])(S(=O)(=O)CCC(F)(F)C(F)(F)C(F)(F)C(F)(F)C(F)(F)C(F)(F)C(F)(F)C(F)(F)F)c2cc(-c3cccs3)ccc21. The molecule has 0 saturated heterocycles. The number of carbonyl (C=O) groups is 1. The van der Waals surface area contributed by atoms with Crippen LogP contribution in [0.1, 0.15) is 30.9 Å². The van der Waals surface area contributed by atoms with Crippen LogP contribution < -0.4 is 4.90 Å². The maximum atomic E-state index is 15.1. The molecule has 1 aromatic heterocycles. The van der Waals surface area contributed by atoms with Crippen LogP contribution in [-0.2, 0) is 25.8 Å². The molecular weight excluding hydrogens is 879 g/mol. The second kappa shape index (κ2) is 14.5. The quantitative estimate of drug-likeness (QED) is 0.0810. The van der Waals surface area contributed by atoms with Gasteiger partial charge in [-0.05, 0) is 35.6 Å². The molecule has 1 unspecified atom stereocenters. The van der Waals surface area contributed by atoms with Crippen LogP contribution in [0.5, 0.6) is 0 Å². The molecular formula is C32H23F17N2O5S2. The summed E-state index contributed by atoms with van der Waals surface area (Å²) in [6, 6.07) is 10.3. The van der Waals surface area contributed by atoms with Gasteiger partial charge in [0, 0.05) is 47.1 Å². The predicted octanol–water partition coefficient (Wildman–Crippen LogP) is 10.3. The molecule has 1 amide bonds. The van der Waals surface area contributed by atoms with E-state index in [9.17, 15) is 89.2 Å². The Morgan fingerprint density at radius 2 is 1.28 bits per heavy atom. The Bertz CT molecular complexity index is 2160. The van der Waals surface area contributed by atoms with Gasteiger partial charge in [0.05, 0.1) is 10.7 Å². The highest BCUT2D eigenvalue weighted by atomic mass is 32.2. The average molecular weight is 903 g/mol. The maximum Gasteiger partial charge on any atom is 0.460 e. The molecule has 3 aromatic rings. The number of benzene rings is 2. The van der Waals surface area contributed by atoms with Crippen molar-refractivity contribution in [2.75, 3.05) is 17.2 Å². The second-order valence-corrected chi connectivity index (χ2v) is 16.1. The van der Waals surface area contributed by atoms with E-state index in [4.69, 9.17) is 0 Å². The van der Waals surface area contributed by atoms with Crippen molar-refractivity contribution in [1.82, 2.24) is 0 Å². The molecule has 0 saturated carbocycles. The van der Waals surface area contributed by atoms with Crippen molar-refractivity contribution in [2.45, 2.75) is 78.6 Å². The van der Waals surface area contributed by atoms with Gasteiger partial charge in [-0.15, -0.1) is 11.3 Å². The minimum absolute atomic E-state index is 0.0195. The van der Waals surface area contributed by atoms with Crippen molar-refractivity contribution in [3.8, 4) is 10.4 Å². The third kappa shape index (κ3) is 6.64. The zero-order valence-electron chi connectivity index (χ0n) is 28.5. The molecule has 0 bridgehead atoms. The van der Waals surface area contributed by atoms with Gasteiger partial charge < -0.3 is 4.90 Å². The van der Waals surface area contributed by atoms with Gasteiger partial charge in [0.25, 0.3) is 11.6 Å². The minimum atomic E-state index is -8.88. The van der Waals surface area contributed by atoms with Gasteiger partial charge in [0.2, 0.25) is 0 Å². The fourth-order valence-electron chi connectivity index (χ4n) is 6.06. The highest BCUT2D eigenvalue weighted by Crippen LogP contribution is 2.64. The number of anilines is 1. The number of para-hydroxylation sites is 1. The summed E-state index contributed by atoms with van der Waals surface area (Å²) in [5, 5.41) is 13.4. The second-order valence-electron chi connectivity index (χ2n) is 12.8. The van der Waals surface area contributed by atoms with Crippen LogP contribution in [-0.4, -0.2) is 79.2 Å². The molecule has 0 radical (unpaired) electrons. The van der Waals surface area contributed by atoms with Crippen LogP contribution >= 0.6 is 11.3 Å². The molecule has 2 aromatic carbocycles. The number of fused-ring (bicyclic) bond motifs is 1. The Labute approximate surface area is 318 Å². The summed E-state index contributed by atoms with van der Waals surface area (Å²) in [5.74, 6) is -63.0. The van der Waals surface area contributed by atoms with Crippen LogP contribution in [0, 0.1) is 10.1 Å². The van der Waals surface area contributed by atoms with E-state index in [1.807, 2.05) is 0 Å². The van der Waals surface area contributed by atoms with E-state index >= 15 is 8.78 Å². The van der Waals surface area contributed by atoms with Crippen molar-refractivity contribution < 1.29 is 92.8 Å². The topological polar surface area (TPSA) is 97.6 Å². The number of nitro groups is 1. The first-order chi connectivity index (χ1) is 26.2. The highest BCUT2D eigenvalue weighted by molar-refractivity contribution is 7.93. The van der Waals surface area contributed by atoms with Gasteiger partial charge in [0.15, 0.2) is 14.6 Å². The number of carbonyl (C=O) groups excluding carboxylic acids is 1. The van der Waals surface area contributed by atoms with E-state index in [0.717, 1.165) is 52.6 Å². The number of alkyl halides is 17. The molecule has 322 valence electrons. The Balaban J connectivity index is 1.89. The number of thiophene rings is 1. The fraction of sp³-hybridized carbons (Fsp3) is 0.469. The lowest BCUT2D eigenvalue weighted by Crippen LogP contribution is -2.74. The van der Waals surface area contributed by atoms with Gasteiger partial charge in [-0.2, -0.15) is 74.6 Å². The summed E-state index contributed by atoms with van der Waals surface area (Å²) in [6.45, 7) is 1.08. The Kier molecular flexibility index (Phi) is 11.6. The lowest BCUT2D eigenvalue weighted by Gasteiger charge is -2.42. The van der Waals surface area contributed by atoms with Crippen LogP contribution in [0.25, 0.3) is 10.4 Å². The molecule has 7 nitrogen and oxygen atoms in total. The van der Waals surface area contributed by atoms with Crippen LogP contribution in [0.4, 0.5) is 86.0 Å². The first-order valence-electron chi connectivity index (χ1n) is 15.8. The average Bonchev–Trinajstić information content (AvgIpc) is 3.73. The third-order valence-corrected chi connectivity index (χ3v) is 12.5. The third-order valence-electron chi connectivity index (χ3n) is 9.20. The first-order valence-corrected chi connectivity index (χ1v) is 18.4. The lowest BCUT2D eigenvalue weighted by molar-refractivity contribution is -0.461.